The summed E-state index contributed by atoms with van der Waals surface area (Å²) in [6, 6.07) is -0.956. The monoisotopic (exact) mass is 740 g/mol. The third-order valence-corrected chi connectivity index (χ3v) is 11.2. The lowest BCUT2D eigenvalue weighted by molar-refractivity contribution is -0.157. The van der Waals surface area contributed by atoms with Crippen molar-refractivity contribution in [3.63, 3.8) is 0 Å². The van der Waals surface area contributed by atoms with Crippen LogP contribution in [0.15, 0.2) is 0 Å². The van der Waals surface area contributed by atoms with Gasteiger partial charge in [-0.15, -0.1) is 0 Å². The second-order valence-electron chi connectivity index (χ2n) is 16.8. The molecule has 1 fully saturated rings. The summed E-state index contributed by atoms with van der Waals surface area (Å²) in [7, 11) is 0. The van der Waals surface area contributed by atoms with Crippen LogP contribution in [0.25, 0.3) is 0 Å². The van der Waals surface area contributed by atoms with E-state index in [1.165, 1.54) is 167 Å². The predicted octanol–water partition coefficient (Wildman–Crippen LogP) is 11.6. The van der Waals surface area contributed by atoms with Crippen molar-refractivity contribution in [2.75, 3.05) is 6.61 Å². The lowest BCUT2D eigenvalue weighted by Crippen LogP contribution is -2.54. The SMILES string of the molecule is CCCCCCCCCCCCCCCCCC[C@@H](O)[C@@H](O)[C@H](CO)NC(=O)[C@H]1OC(C)(C)O[C@H]1CCCCCCCCCCCCCCCCC. The largest absolute Gasteiger partial charge is 0.394 e. The molecule has 1 amide bonds. The van der Waals surface area contributed by atoms with Gasteiger partial charge in [-0.2, -0.15) is 0 Å². The standard InChI is InChI=1S/C45H89NO6/c1-5-7-9-11-13-15-17-19-21-23-24-26-28-30-32-34-36-40(48)42(49)39(38-47)46-44(50)43-41(51-45(3,4)52-43)37-35-33-31-29-27-25-22-20-18-16-14-12-10-8-6-2/h39-43,47-49H,5-38H2,1-4H3,(H,46,50)/t39-,40+,41-,42-,43-/m0/s1. The first-order valence-corrected chi connectivity index (χ1v) is 22.9. The van der Waals surface area contributed by atoms with Gasteiger partial charge in [0, 0.05) is 0 Å². The molecule has 1 aliphatic rings. The number of carbonyl (C=O) groups excluding carboxylic acids is 1. The van der Waals surface area contributed by atoms with Crippen LogP contribution in [0.3, 0.4) is 0 Å². The molecular formula is C45H89NO6. The van der Waals surface area contributed by atoms with Crippen molar-refractivity contribution in [2.45, 2.75) is 276 Å². The zero-order chi connectivity index (χ0) is 38.1. The second-order valence-corrected chi connectivity index (χ2v) is 16.8. The summed E-state index contributed by atoms with van der Waals surface area (Å²) in [5.74, 6) is -1.27. The van der Waals surface area contributed by atoms with E-state index in [0.29, 0.717) is 6.42 Å². The van der Waals surface area contributed by atoms with Crippen molar-refractivity contribution < 1.29 is 29.6 Å². The Labute approximate surface area is 322 Å². The van der Waals surface area contributed by atoms with Crippen molar-refractivity contribution in [3.05, 3.63) is 0 Å². The highest BCUT2D eigenvalue weighted by molar-refractivity contribution is 5.82. The van der Waals surface area contributed by atoms with E-state index in [1.807, 2.05) is 13.8 Å². The molecule has 0 saturated carbocycles. The number of aliphatic hydroxyl groups excluding tert-OH is 3. The summed E-state index contributed by atoms with van der Waals surface area (Å²) >= 11 is 0. The van der Waals surface area contributed by atoms with Crippen molar-refractivity contribution in [3.8, 4) is 0 Å². The van der Waals surface area contributed by atoms with E-state index in [1.54, 1.807) is 0 Å². The van der Waals surface area contributed by atoms with E-state index in [-0.39, 0.29) is 6.10 Å². The van der Waals surface area contributed by atoms with Gasteiger partial charge in [-0.25, -0.2) is 0 Å². The van der Waals surface area contributed by atoms with Crippen LogP contribution >= 0.6 is 0 Å². The highest BCUT2D eigenvalue weighted by Crippen LogP contribution is 2.31. The number of nitrogens with one attached hydrogen (secondary N) is 1. The average molecular weight is 740 g/mol. The Morgan fingerprint density at radius 1 is 0.558 bits per heavy atom. The Hall–Kier alpha value is -0.730. The first-order valence-electron chi connectivity index (χ1n) is 22.9. The maximum atomic E-state index is 13.3. The number of unbranched alkanes of at least 4 members (excludes halogenated alkanes) is 29. The minimum Gasteiger partial charge on any atom is -0.394 e. The first kappa shape index (κ1) is 49.3. The Morgan fingerprint density at radius 2 is 0.904 bits per heavy atom. The lowest BCUT2D eigenvalue weighted by Gasteiger charge is -2.28. The smallest absolute Gasteiger partial charge is 0.252 e. The van der Waals surface area contributed by atoms with Gasteiger partial charge in [0.1, 0.15) is 6.10 Å². The number of aliphatic hydroxyl groups is 3. The maximum Gasteiger partial charge on any atom is 0.252 e. The summed E-state index contributed by atoms with van der Waals surface area (Å²) in [6.07, 6.45) is 37.9. The molecule has 0 spiro atoms. The van der Waals surface area contributed by atoms with Gasteiger partial charge in [-0.05, 0) is 26.7 Å². The molecule has 7 heteroatoms. The lowest BCUT2D eigenvalue weighted by atomic mass is 9.98. The second kappa shape index (κ2) is 33.6. The third-order valence-electron chi connectivity index (χ3n) is 11.2. The summed E-state index contributed by atoms with van der Waals surface area (Å²) in [4.78, 5) is 13.3. The van der Waals surface area contributed by atoms with Crippen LogP contribution in [0.4, 0.5) is 0 Å². The van der Waals surface area contributed by atoms with Crippen LogP contribution in [-0.2, 0) is 14.3 Å². The van der Waals surface area contributed by atoms with Crippen molar-refractivity contribution >= 4 is 5.91 Å². The van der Waals surface area contributed by atoms with E-state index < -0.39 is 42.7 Å². The van der Waals surface area contributed by atoms with Gasteiger partial charge in [0.2, 0.25) is 0 Å². The van der Waals surface area contributed by atoms with Crippen LogP contribution in [0.2, 0.25) is 0 Å². The molecule has 0 aliphatic carbocycles. The topological polar surface area (TPSA) is 108 Å². The summed E-state index contributed by atoms with van der Waals surface area (Å²) in [5, 5.41) is 34.3. The zero-order valence-electron chi connectivity index (χ0n) is 35.0. The van der Waals surface area contributed by atoms with Crippen molar-refractivity contribution in [2.24, 2.45) is 0 Å². The number of hydrogen-bond donors (Lipinski definition) is 4. The maximum absolute atomic E-state index is 13.3. The molecule has 0 unspecified atom stereocenters. The molecule has 0 aromatic carbocycles. The van der Waals surface area contributed by atoms with Crippen molar-refractivity contribution in [1.29, 1.82) is 0 Å². The Bertz CT molecular complexity index is 794. The van der Waals surface area contributed by atoms with Crippen LogP contribution in [0, 0.1) is 0 Å². The Morgan fingerprint density at radius 3 is 1.27 bits per heavy atom. The molecule has 0 aromatic heterocycles. The molecule has 1 saturated heterocycles. The van der Waals surface area contributed by atoms with Gasteiger partial charge in [0.15, 0.2) is 11.9 Å². The molecule has 1 heterocycles. The number of rotatable bonds is 38. The highest BCUT2D eigenvalue weighted by atomic mass is 16.8. The molecule has 1 rings (SSSR count). The van der Waals surface area contributed by atoms with Crippen LogP contribution in [0.5, 0.6) is 0 Å². The van der Waals surface area contributed by atoms with Crippen LogP contribution in [-0.4, -0.2) is 64.1 Å². The molecule has 1 aliphatic heterocycles. The van der Waals surface area contributed by atoms with E-state index in [4.69, 9.17) is 9.47 Å². The molecule has 5 atom stereocenters. The van der Waals surface area contributed by atoms with Gasteiger partial charge in [0.05, 0.1) is 24.9 Å². The highest BCUT2D eigenvalue weighted by Gasteiger charge is 2.45. The summed E-state index contributed by atoms with van der Waals surface area (Å²) in [6.45, 7) is 7.73. The first-order chi connectivity index (χ1) is 25.3. The molecular weight excluding hydrogens is 650 g/mol. The van der Waals surface area contributed by atoms with Gasteiger partial charge in [-0.3, -0.25) is 4.79 Å². The Balaban J connectivity index is 2.17. The van der Waals surface area contributed by atoms with E-state index in [0.717, 1.165) is 38.5 Å². The van der Waals surface area contributed by atoms with Gasteiger partial charge in [-0.1, -0.05) is 213 Å². The number of amides is 1. The normalized spacial score (nSPS) is 18.8. The fourth-order valence-corrected chi connectivity index (χ4v) is 7.83. The molecule has 4 N–H and O–H groups in total. The number of carbonyl (C=O) groups is 1. The molecule has 0 bridgehead atoms. The van der Waals surface area contributed by atoms with E-state index in [9.17, 15) is 20.1 Å². The molecule has 52 heavy (non-hydrogen) atoms. The molecule has 310 valence electrons. The molecule has 0 aromatic rings. The van der Waals surface area contributed by atoms with Gasteiger partial charge < -0.3 is 30.1 Å². The van der Waals surface area contributed by atoms with Crippen molar-refractivity contribution in [1.82, 2.24) is 5.32 Å². The predicted molar refractivity (Wildman–Crippen MR) is 219 cm³/mol. The molecule has 7 nitrogen and oxygen atoms in total. The number of hydrogen-bond acceptors (Lipinski definition) is 6. The van der Waals surface area contributed by atoms with Crippen LogP contribution in [0.1, 0.15) is 240 Å². The quantitative estimate of drug-likeness (QED) is 0.0470. The Kier molecular flexibility index (Phi) is 31.8. The van der Waals surface area contributed by atoms with Gasteiger partial charge in [0.25, 0.3) is 5.91 Å². The summed E-state index contributed by atoms with van der Waals surface area (Å²) < 4.78 is 12.1. The summed E-state index contributed by atoms with van der Waals surface area (Å²) in [5.41, 5.74) is 0. The fraction of sp³-hybridized carbons (Fsp3) is 0.978. The van der Waals surface area contributed by atoms with Crippen LogP contribution < -0.4 is 5.32 Å². The minimum atomic E-state index is -1.24. The van der Waals surface area contributed by atoms with E-state index in [2.05, 4.69) is 19.2 Å². The minimum absolute atomic E-state index is 0.372. The third kappa shape index (κ3) is 26.1. The zero-order valence-corrected chi connectivity index (χ0v) is 35.0. The average Bonchev–Trinajstić information content (AvgIpc) is 3.45. The fourth-order valence-electron chi connectivity index (χ4n) is 7.83. The molecule has 0 radical (unpaired) electrons. The van der Waals surface area contributed by atoms with Gasteiger partial charge >= 0.3 is 0 Å². The number of ether oxygens (including phenoxy) is 2. The van der Waals surface area contributed by atoms with E-state index >= 15 is 0 Å².